The Morgan fingerprint density at radius 3 is 2.46 bits per heavy atom. The Labute approximate surface area is 164 Å². The van der Waals surface area contributed by atoms with Crippen LogP contribution in [0.1, 0.15) is 29.0 Å². The molecule has 28 heavy (non-hydrogen) atoms. The fourth-order valence-electron chi connectivity index (χ4n) is 3.32. The van der Waals surface area contributed by atoms with E-state index in [1.807, 2.05) is 48.5 Å². The van der Waals surface area contributed by atoms with Crippen molar-refractivity contribution in [3.8, 4) is 22.9 Å². The number of nitrogens with two attached hydrogens (primary N) is 1. The SMILES string of the molecule is NC(=O)c1cccc(-c2ccc(Oc3cccc(CN4CCCC4)n3)cc2)n1. The van der Waals surface area contributed by atoms with Crippen LogP contribution in [0.2, 0.25) is 0 Å². The largest absolute Gasteiger partial charge is 0.439 e. The highest BCUT2D eigenvalue weighted by Gasteiger charge is 2.13. The number of nitrogens with zero attached hydrogens (tertiary/aromatic N) is 3. The van der Waals surface area contributed by atoms with Crippen molar-refractivity contribution in [1.29, 1.82) is 0 Å². The smallest absolute Gasteiger partial charge is 0.267 e. The molecule has 1 amide bonds. The first-order chi connectivity index (χ1) is 13.7. The summed E-state index contributed by atoms with van der Waals surface area (Å²) in [6, 6.07) is 18.6. The molecule has 0 atom stereocenters. The minimum atomic E-state index is -0.540. The molecule has 0 aliphatic carbocycles. The number of hydrogen-bond acceptors (Lipinski definition) is 5. The summed E-state index contributed by atoms with van der Waals surface area (Å²) < 4.78 is 5.91. The Balaban J connectivity index is 1.46. The molecule has 1 fully saturated rings. The van der Waals surface area contributed by atoms with E-state index in [0.717, 1.165) is 30.9 Å². The van der Waals surface area contributed by atoms with Crippen molar-refractivity contribution >= 4 is 5.91 Å². The molecular formula is C22H22N4O2. The Morgan fingerprint density at radius 2 is 1.71 bits per heavy atom. The van der Waals surface area contributed by atoms with Crippen LogP contribution in [-0.2, 0) is 6.54 Å². The summed E-state index contributed by atoms with van der Waals surface area (Å²) in [7, 11) is 0. The maximum Gasteiger partial charge on any atom is 0.267 e. The van der Waals surface area contributed by atoms with Gasteiger partial charge in [0.25, 0.3) is 5.91 Å². The van der Waals surface area contributed by atoms with E-state index in [1.54, 1.807) is 12.1 Å². The molecule has 142 valence electrons. The third-order valence-electron chi connectivity index (χ3n) is 4.74. The van der Waals surface area contributed by atoms with Crippen LogP contribution in [0.3, 0.4) is 0 Å². The van der Waals surface area contributed by atoms with Gasteiger partial charge >= 0.3 is 0 Å². The van der Waals surface area contributed by atoms with Gasteiger partial charge in [-0.2, -0.15) is 0 Å². The zero-order chi connectivity index (χ0) is 19.3. The number of aromatic nitrogens is 2. The molecular weight excluding hydrogens is 352 g/mol. The Bertz CT molecular complexity index is 966. The lowest BCUT2D eigenvalue weighted by Crippen LogP contribution is -2.19. The van der Waals surface area contributed by atoms with E-state index in [2.05, 4.69) is 14.9 Å². The van der Waals surface area contributed by atoms with Crippen LogP contribution in [0.25, 0.3) is 11.3 Å². The maximum atomic E-state index is 11.3. The van der Waals surface area contributed by atoms with Crippen molar-refractivity contribution in [3.63, 3.8) is 0 Å². The Hall–Kier alpha value is -3.25. The van der Waals surface area contributed by atoms with Crippen LogP contribution in [0.4, 0.5) is 0 Å². The average molecular weight is 374 g/mol. The zero-order valence-electron chi connectivity index (χ0n) is 15.5. The summed E-state index contributed by atoms with van der Waals surface area (Å²) in [4.78, 5) is 22.6. The Morgan fingerprint density at radius 1 is 0.964 bits per heavy atom. The molecule has 0 unspecified atom stereocenters. The van der Waals surface area contributed by atoms with Crippen LogP contribution < -0.4 is 10.5 Å². The monoisotopic (exact) mass is 374 g/mol. The van der Waals surface area contributed by atoms with Gasteiger partial charge in [-0.3, -0.25) is 9.69 Å². The third-order valence-corrected chi connectivity index (χ3v) is 4.74. The molecule has 2 N–H and O–H groups in total. The fourth-order valence-corrected chi connectivity index (χ4v) is 3.32. The highest BCUT2D eigenvalue weighted by molar-refractivity contribution is 5.91. The van der Waals surface area contributed by atoms with Crippen molar-refractivity contribution in [2.75, 3.05) is 13.1 Å². The van der Waals surface area contributed by atoms with E-state index in [1.165, 1.54) is 12.8 Å². The van der Waals surface area contributed by atoms with Crippen molar-refractivity contribution in [1.82, 2.24) is 14.9 Å². The first-order valence-corrected chi connectivity index (χ1v) is 9.41. The molecule has 6 nitrogen and oxygen atoms in total. The van der Waals surface area contributed by atoms with Crippen LogP contribution in [0, 0.1) is 0 Å². The van der Waals surface area contributed by atoms with Crippen molar-refractivity contribution in [2.24, 2.45) is 5.73 Å². The minimum absolute atomic E-state index is 0.247. The number of benzene rings is 1. The number of hydrogen-bond donors (Lipinski definition) is 1. The van der Waals surface area contributed by atoms with E-state index in [4.69, 9.17) is 10.5 Å². The summed E-state index contributed by atoms with van der Waals surface area (Å²) >= 11 is 0. The normalized spacial score (nSPS) is 14.1. The van der Waals surface area contributed by atoms with Gasteiger partial charge in [0.05, 0.1) is 11.4 Å². The van der Waals surface area contributed by atoms with Gasteiger partial charge in [-0.05, 0) is 68.4 Å². The maximum absolute atomic E-state index is 11.3. The molecule has 0 bridgehead atoms. The van der Waals surface area contributed by atoms with Gasteiger partial charge in [-0.15, -0.1) is 0 Å². The van der Waals surface area contributed by atoms with Crippen LogP contribution in [0.15, 0.2) is 60.7 Å². The van der Waals surface area contributed by atoms with Crippen LogP contribution in [0.5, 0.6) is 11.6 Å². The number of amides is 1. The molecule has 0 radical (unpaired) electrons. The molecule has 0 spiro atoms. The molecule has 3 heterocycles. The summed E-state index contributed by atoms with van der Waals surface area (Å²) in [5, 5.41) is 0. The van der Waals surface area contributed by atoms with E-state index >= 15 is 0 Å². The molecule has 2 aromatic heterocycles. The van der Waals surface area contributed by atoms with Gasteiger partial charge in [0.1, 0.15) is 11.4 Å². The standard InChI is InChI=1S/C22H22N4O2/c23-22(27)20-7-4-6-19(25-20)16-9-11-18(12-10-16)28-21-8-3-5-17(24-21)15-26-13-1-2-14-26/h3-12H,1-2,13-15H2,(H2,23,27). The molecule has 0 saturated carbocycles. The van der Waals surface area contributed by atoms with Gasteiger partial charge < -0.3 is 10.5 Å². The van der Waals surface area contributed by atoms with E-state index in [0.29, 0.717) is 17.3 Å². The van der Waals surface area contributed by atoms with Crippen molar-refractivity contribution < 1.29 is 9.53 Å². The van der Waals surface area contributed by atoms with Crippen molar-refractivity contribution in [3.05, 3.63) is 72.1 Å². The highest BCUT2D eigenvalue weighted by atomic mass is 16.5. The number of carbonyl (C=O) groups excluding carboxylic acids is 1. The minimum Gasteiger partial charge on any atom is -0.439 e. The lowest BCUT2D eigenvalue weighted by molar-refractivity contribution is 0.0995. The predicted octanol–water partition coefficient (Wildman–Crippen LogP) is 3.63. The lowest BCUT2D eigenvalue weighted by atomic mass is 10.1. The van der Waals surface area contributed by atoms with Gasteiger partial charge in [-0.25, -0.2) is 9.97 Å². The summed E-state index contributed by atoms with van der Waals surface area (Å²) in [6.45, 7) is 3.14. The van der Waals surface area contributed by atoms with E-state index in [9.17, 15) is 4.79 Å². The molecule has 1 aliphatic rings. The van der Waals surface area contributed by atoms with Gasteiger partial charge in [0.15, 0.2) is 0 Å². The topological polar surface area (TPSA) is 81.3 Å². The summed E-state index contributed by atoms with van der Waals surface area (Å²) in [5.41, 5.74) is 8.14. The number of carbonyl (C=O) groups is 1. The van der Waals surface area contributed by atoms with E-state index in [-0.39, 0.29) is 5.69 Å². The number of ether oxygens (including phenoxy) is 1. The second-order valence-corrected chi connectivity index (χ2v) is 6.85. The molecule has 1 aromatic carbocycles. The average Bonchev–Trinajstić information content (AvgIpc) is 3.22. The highest BCUT2D eigenvalue weighted by Crippen LogP contribution is 2.24. The van der Waals surface area contributed by atoms with Gasteiger partial charge in [0.2, 0.25) is 5.88 Å². The summed E-state index contributed by atoms with van der Waals surface area (Å²) in [5.74, 6) is 0.737. The predicted molar refractivity (Wildman–Crippen MR) is 107 cm³/mol. The van der Waals surface area contributed by atoms with Crippen LogP contribution in [-0.4, -0.2) is 33.9 Å². The molecule has 1 aliphatic heterocycles. The number of rotatable bonds is 6. The van der Waals surface area contributed by atoms with E-state index < -0.39 is 5.91 Å². The second kappa shape index (κ2) is 8.19. The molecule has 4 rings (SSSR count). The molecule has 3 aromatic rings. The van der Waals surface area contributed by atoms with Gasteiger partial charge in [-0.1, -0.05) is 12.1 Å². The third kappa shape index (κ3) is 4.35. The second-order valence-electron chi connectivity index (χ2n) is 6.85. The quantitative estimate of drug-likeness (QED) is 0.712. The first-order valence-electron chi connectivity index (χ1n) is 9.41. The summed E-state index contributed by atoms with van der Waals surface area (Å²) in [6.07, 6.45) is 2.53. The fraction of sp³-hybridized carbons (Fsp3) is 0.227. The van der Waals surface area contributed by atoms with Crippen LogP contribution >= 0.6 is 0 Å². The first kappa shape index (κ1) is 18.1. The number of pyridine rings is 2. The zero-order valence-corrected chi connectivity index (χ0v) is 15.5. The Kier molecular flexibility index (Phi) is 5.30. The molecule has 1 saturated heterocycles. The molecule has 6 heteroatoms. The number of primary amides is 1. The number of likely N-dealkylation sites (tertiary alicyclic amines) is 1. The van der Waals surface area contributed by atoms with Crippen molar-refractivity contribution in [2.45, 2.75) is 19.4 Å². The lowest BCUT2D eigenvalue weighted by Gasteiger charge is -2.14. The van der Waals surface area contributed by atoms with Gasteiger partial charge in [0, 0.05) is 18.2 Å².